The van der Waals surface area contributed by atoms with Crippen LogP contribution in [0.15, 0.2) is 54.6 Å². The van der Waals surface area contributed by atoms with Gasteiger partial charge in [-0.25, -0.2) is 4.79 Å². The lowest BCUT2D eigenvalue weighted by Gasteiger charge is -2.52. The number of rotatable bonds is 9. The van der Waals surface area contributed by atoms with E-state index in [4.69, 9.17) is 18.9 Å². The Morgan fingerprint density at radius 2 is 1.62 bits per heavy atom. The molecule has 4 N–H and O–H groups in total. The number of aryl methyl sites for hydroxylation is 1. The predicted octanol–water partition coefficient (Wildman–Crippen LogP) is 1.58. The maximum atomic E-state index is 11.7. The number of carbonyl (C=O) groups is 1. The second-order valence-corrected chi connectivity index (χ2v) is 8.30. The molecule has 0 amide bonds. The van der Waals surface area contributed by atoms with E-state index in [2.05, 4.69) is 0 Å². The standard InChI is InChI=1S/C25H32O9/c1-3-17-10-12-18(13-11-17)14-25(30)21(28)20(27)24(15-26,16-32-23(29)31-4-2)34-22(25)33-19-8-6-5-7-9-19/h5-13,20-22,26-28,30H,3-4,14-16H2,1-2H3/t20-,21-,22+,24-,25+/m0/s1. The third-order valence-corrected chi connectivity index (χ3v) is 5.97. The van der Waals surface area contributed by atoms with Crippen molar-refractivity contribution in [2.24, 2.45) is 0 Å². The van der Waals surface area contributed by atoms with E-state index in [1.807, 2.05) is 31.2 Å². The van der Waals surface area contributed by atoms with Crippen molar-refractivity contribution in [3.05, 3.63) is 65.7 Å². The van der Waals surface area contributed by atoms with Gasteiger partial charge >= 0.3 is 6.16 Å². The summed E-state index contributed by atoms with van der Waals surface area (Å²) in [4.78, 5) is 11.7. The van der Waals surface area contributed by atoms with Crippen LogP contribution in [-0.4, -0.2) is 76.1 Å². The Hall–Kier alpha value is -2.69. The van der Waals surface area contributed by atoms with Crippen molar-refractivity contribution in [2.75, 3.05) is 19.8 Å². The molecular formula is C25H32O9. The van der Waals surface area contributed by atoms with E-state index < -0.39 is 49.1 Å². The Kier molecular flexibility index (Phi) is 8.51. The Labute approximate surface area is 198 Å². The van der Waals surface area contributed by atoms with Crippen LogP contribution in [0.3, 0.4) is 0 Å². The zero-order chi connectivity index (χ0) is 24.8. The first-order chi connectivity index (χ1) is 16.3. The van der Waals surface area contributed by atoms with Gasteiger partial charge in [-0.1, -0.05) is 49.4 Å². The summed E-state index contributed by atoms with van der Waals surface area (Å²) in [5, 5.41) is 43.8. The zero-order valence-corrected chi connectivity index (χ0v) is 19.3. The lowest BCUT2D eigenvalue weighted by atomic mass is 9.77. The Morgan fingerprint density at radius 1 is 0.971 bits per heavy atom. The summed E-state index contributed by atoms with van der Waals surface area (Å²) in [6.07, 6.45) is -5.47. The van der Waals surface area contributed by atoms with Gasteiger partial charge in [0.05, 0.1) is 13.2 Å². The number of benzene rings is 2. The molecule has 0 saturated carbocycles. The number of ether oxygens (including phenoxy) is 4. The lowest BCUT2D eigenvalue weighted by Crippen LogP contribution is -2.74. The van der Waals surface area contributed by atoms with Crippen molar-refractivity contribution in [1.29, 1.82) is 0 Å². The molecular weight excluding hydrogens is 444 g/mol. The Balaban J connectivity index is 1.94. The van der Waals surface area contributed by atoms with Crippen LogP contribution in [0.4, 0.5) is 4.79 Å². The molecule has 0 aliphatic carbocycles. The molecule has 1 aliphatic heterocycles. The first-order valence-electron chi connectivity index (χ1n) is 11.2. The molecule has 1 saturated heterocycles. The summed E-state index contributed by atoms with van der Waals surface area (Å²) in [6.45, 7) is 2.20. The average Bonchev–Trinajstić information content (AvgIpc) is 2.85. The molecule has 1 aliphatic rings. The van der Waals surface area contributed by atoms with Crippen LogP contribution in [0.5, 0.6) is 5.75 Å². The highest BCUT2D eigenvalue weighted by atomic mass is 16.7. The minimum absolute atomic E-state index is 0.0628. The molecule has 0 unspecified atom stereocenters. The van der Waals surface area contributed by atoms with Gasteiger partial charge in [0.15, 0.2) is 11.2 Å². The SMILES string of the molecule is CCOC(=O)OC[C@]1(CO)O[C@@H](Oc2ccccc2)[C@@](O)(Cc2ccc(CC)cc2)[C@@H](O)[C@@H]1O. The average molecular weight is 477 g/mol. The highest BCUT2D eigenvalue weighted by Crippen LogP contribution is 2.39. The third-order valence-electron chi connectivity index (χ3n) is 5.97. The highest BCUT2D eigenvalue weighted by Gasteiger charge is 2.62. The number of hydrogen-bond donors (Lipinski definition) is 4. The van der Waals surface area contributed by atoms with Gasteiger partial charge in [0, 0.05) is 6.42 Å². The molecule has 5 atom stereocenters. The maximum Gasteiger partial charge on any atom is 0.508 e. The Bertz CT molecular complexity index is 920. The number of carbonyl (C=O) groups excluding carboxylic acids is 1. The normalized spacial score (nSPS) is 28.8. The van der Waals surface area contributed by atoms with Gasteiger partial charge < -0.3 is 39.4 Å². The first-order valence-corrected chi connectivity index (χ1v) is 11.2. The van der Waals surface area contributed by atoms with Crippen molar-refractivity contribution in [2.45, 2.75) is 56.4 Å². The summed E-state index contributed by atoms with van der Waals surface area (Å²) in [6, 6.07) is 15.9. The van der Waals surface area contributed by atoms with Gasteiger partial charge in [-0.05, 0) is 36.6 Å². The fourth-order valence-corrected chi connectivity index (χ4v) is 3.88. The van der Waals surface area contributed by atoms with E-state index in [1.165, 1.54) is 0 Å². The van der Waals surface area contributed by atoms with Gasteiger partial charge in [-0.3, -0.25) is 0 Å². The smallest absolute Gasteiger partial charge is 0.462 e. The van der Waals surface area contributed by atoms with Crippen LogP contribution in [0.25, 0.3) is 0 Å². The molecule has 0 spiro atoms. The van der Waals surface area contributed by atoms with E-state index >= 15 is 0 Å². The second kappa shape index (κ2) is 11.2. The van der Waals surface area contributed by atoms with Crippen molar-refractivity contribution in [1.82, 2.24) is 0 Å². The summed E-state index contributed by atoms with van der Waals surface area (Å²) >= 11 is 0. The summed E-state index contributed by atoms with van der Waals surface area (Å²) in [5.41, 5.74) is -2.30. The van der Waals surface area contributed by atoms with Crippen molar-refractivity contribution >= 4 is 6.16 Å². The van der Waals surface area contributed by atoms with Crippen LogP contribution in [0.1, 0.15) is 25.0 Å². The quantitative estimate of drug-likeness (QED) is 0.398. The molecule has 186 valence electrons. The topological polar surface area (TPSA) is 135 Å². The molecule has 1 fully saturated rings. The van der Waals surface area contributed by atoms with E-state index in [0.717, 1.165) is 12.0 Å². The fraction of sp³-hybridized carbons (Fsp3) is 0.480. The van der Waals surface area contributed by atoms with Gasteiger partial charge in [0.1, 0.15) is 24.6 Å². The van der Waals surface area contributed by atoms with Crippen molar-refractivity contribution < 1.29 is 44.2 Å². The van der Waals surface area contributed by atoms with Crippen molar-refractivity contribution in [3.63, 3.8) is 0 Å². The molecule has 3 rings (SSSR count). The third kappa shape index (κ3) is 5.51. The molecule has 9 heteroatoms. The van der Waals surface area contributed by atoms with Crippen LogP contribution in [-0.2, 0) is 27.1 Å². The van der Waals surface area contributed by atoms with Crippen molar-refractivity contribution in [3.8, 4) is 5.75 Å². The monoisotopic (exact) mass is 476 g/mol. The van der Waals surface area contributed by atoms with Gasteiger partial charge in [-0.2, -0.15) is 0 Å². The van der Waals surface area contributed by atoms with Crippen LogP contribution in [0, 0.1) is 0 Å². The minimum atomic E-state index is -2.11. The van der Waals surface area contributed by atoms with E-state index in [9.17, 15) is 25.2 Å². The van der Waals surface area contributed by atoms with Gasteiger partial charge in [0.25, 0.3) is 0 Å². The number of para-hydroxylation sites is 1. The maximum absolute atomic E-state index is 11.7. The molecule has 0 radical (unpaired) electrons. The number of aliphatic hydroxyl groups excluding tert-OH is 3. The molecule has 34 heavy (non-hydrogen) atoms. The van der Waals surface area contributed by atoms with E-state index in [0.29, 0.717) is 11.3 Å². The lowest BCUT2D eigenvalue weighted by molar-refractivity contribution is -0.359. The summed E-state index contributed by atoms with van der Waals surface area (Å²) in [5.74, 6) is 0.328. The molecule has 2 aromatic rings. The van der Waals surface area contributed by atoms with Crippen LogP contribution < -0.4 is 4.74 Å². The van der Waals surface area contributed by atoms with E-state index in [1.54, 1.807) is 37.3 Å². The molecule has 0 aromatic heterocycles. The predicted molar refractivity (Wildman–Crippen MR) is 121 cm³/mol. The summed E-state index contributed by atoms with van der Waals surface area (Å²) < 4.78 is 21.5. The van der Waals surface area contributed by atoms with Gasteiger partial charge in [-0.15, -0.1) is 0 Å². The second-order valence-electron chi connectivity index (χ2n) is 8.30. The van der Waals surface area contributed by atoms with Crippen LogP contribution in [0.2, 0.25) is 0 Å². The zero-order valence-electron chi connectivity index (χ0n) is 19.3. The number of aliphatic hydroxyl groups is 4. The largest absolute Gasteiger partial charge is 0.508 e. The van der Waals surface area contributed by atoms with Gasteiger partial charge in [0.2, 0.25) is 6.29 Å². The molecule has 0 bridgehead atoms. The highest BCUT2D eigenvalue weighted by molar-refractivity contribution is 5.59. The minimum Gasteiger partial charge on any atom is -0.462 e. The van der Waals surface area contributed by atoms with Crippen LogP contribution >= 0.6 is 0 Å². The Morgan fingerprint density at radius 3 is 2.21 bits per heavy atom. The molecule has 9 nitrogen and oxygen atoms in total. The fourth-order valence-electron chi connectivity index (χ4n) is 3.88. The molecule has 2 aromatic carbocycles. The number of hydrogen-bond acceptors (Lipinski definition) is 9. The first kappa shape index (κ1) is 25.9. The molecule has 1 heterocycles. The van der Waals surface area contributed by atoms with E-state index in [-0.39, 0.29) is 13.0 Å². The summed E-state index contributed by atoms with van der Waals surface area (Å²) in [7, 11) is 0.